The Morgan fingerprint density at radius 1 is 1.14 bits per heavy atom. The van der Waals surface area contributed by atoms with Gasteiger partial charge in [0.1, 0.15) is 0 Å². The van der Waals surface area contributed by atoms with Crippen molar-refractivity contribution in [3.05, 3.63) is 59.2 Å². The van der Waals surface area contributed by atoms with Crippen molar-refractivity contribution in [3.8, 4) is 11.1 Å². The highest BCUT2D eigenvalue weighted by molar-refractivity contribution is 5.91. The van der Waals surface area contributed by atoms with Crippen LogP contribution in [0.4, 0.5) is 0 Å². The van der Waals surface area contributed by atoms with Gasteiger partial charge in [-0.2, -0.15) is 0 Å². The Morgan fingerprint density at radius 2 is 1.86 bits per heavy atom. The number of esters is 1. The zero-order valence-corrected chi connectivity index (χ0v) is 22.1. The quantitative estimate of drug-likeness (QED) is 0.373. The Hall–Kier alpha value is -2.21. The van der Waals surface area contributed by atoms with E-state index in [1.54, 1.807) is 0 Å². The molecule has 1 aliphatic rings. The van der Waals surface area contributed by atoms with Crippen molar-refractivity contribution in [1.82, 2.24) is 5.32 Å². The molecule has 5 nitrogen and oxygen atoms in total. The van der Waals surface area contributed by atoms with Crippen LogP contribution in [0.5, 0.6) is 0 Å². The van der Waals surface area contributed by atoms with Gasteiger partial charge in [0.15, 0.2) is 0 Å². The van der Waals surface area contributed by atoms with Crippen LogP contribution in [0, 0.1) is 12.8 Å². The molecular formula is C30H43NO4. The third kappa shape index (κ3) is 7.89. The number of hydrogen-bond donors (Lipinski definition) is 2. The topological polar surface area (TPSA) is 67.8 Å². The Balaban J connectivity index is 1.57. The van der Waals surface area contributed by atoms with E-state index in [1.807, 2.05) is 44.2 Å². The molecule has 0 aliphatic heterocycles. The second-order valence-corrected chi connectivity index (χ2v) is 10.7. The lowest BCUT2D eigenvalue weighted by Gasteiger charge is -2.33. The van der Waals surface area contributed by atoms with Gasteiger partial charge in [0.2, 0.25) is 0 Å². The number of ether oxygens (including phenoxy) is 2. The molecule has 0 unspecified atom stereocenters. The number of aryl methyl sites for hydroxylation is 1. The molecule has 0 aromatic heterocycles. The van der Waals surface area contributed by atoms with Crippen molar-refractivity contribution in [1.29, 1.82) is 0 Å². The summed E-state index contributed by atoms with van der Waals surface area (Å²) in [6.07, 6.45) is 7.14. The van der Waals surface area contributed by atoms with Crippen molar-refractivity contribution in [3.63, 3.8) is 0 Å². The lowest BCUT2D eigenvalue weighted by atomic mass is 9.81. The maximum absolute atomic E-state index is 12.0. The Labute approximate surface area is 211 Å². The first kappa shape index (κ1) is 27.4. The fourth-order valence-corrected chi connectivity index (χ4v) is 5.27. The number of aliphatic hydroxyl groups is 1. The molecule has 192 valence electrons. The van der Waals surface area contributed by atoms with Crippen LogP contribution in [0.2, 0.25) is 0 Å². The highest BCUT2D eigenvalue weighted by Crippen LogP contribution is 2.32. The zero-order chi connectivity index (χ0) is 25.4. The number of benzene rings is 2. The van der Waals surface area contributed by atoms with Crippen LogP contribution in [0.1, 0.15) is 86.9 Å². The smallest absolute Gasteiger partial charge is 0.338 e. The van der Waals surface area contributed by atoms with E-state index in [0.717, 1.165) is 34.6 Å². The van der Waals surface area contributed by atoms with Crippen LogP contribution in [0.3, 0.4) is 0 Å². The lowest BCUT2D eigenvalue weighted by molar-refractivity contribution is -0.00453. The first-order valence-electron chi connectivity index (χ1n) is 13.0. The van der Waals surface area contributed by atoms with Gasteiger partial charge in [-0.25, -0.2) is 4.79 Å². The molecule has 2 N–H and O–H groups in total. The van der Waals surface area contributed by atoms with E-state index in [4.69, 9.17) is 9.47 Å². The van der Waals surface area contributed by atoms with Crippen molar-refractivity contribution >= 4 is 5.97 Å². The zero-order valence-electron chi connectivity index (χ0n) is 22.1. The van der Waals surface area contributed by atoms with Gasteiger partial charge in [-0.3, -0.25) is 0 Å². The number of hydrogen-bond acceptors (Lipinski definition) is 5. The number of aliphatic hydroxyl groups excluding tert-OH is 1. The van der Waals surface area contributed by atoms with Crippen molar-refractivity contribution < 1.29 is 19.4 Å². The number of rotatable bonds is 11. The summed E-state index contributed by atoms with van der Waals surface area (Å²) in [5.41, 5.74) is 4.58. The van der Waals surface area contributed by atoms with Gasteiger partial charge in [-0.1, -0.05) is 68.5 Å². The Morgan fingerprint density at radius 3 is 2.54 bits per heavy atom. The molecule has 2 aromatic rings. The van der Waals surface area contributed by atoms with Crippen molar-refractivity contribution in [2.75, 3.05) is 20.3 Å². The summed E-state index contributed by atoms with van der Waals surface area (Å²) in [6, 6.07) is 13.9. The van der Waals surface area contributed by atoms with Gasteiger partial charge in [0.05, 0.1) is 31.5 Å². The van der Waals surface area contributed by atoms with Gasteiger partial charge in [0.25, 0.3) is 0 Å². The molecule has 0 spiro atoms. The average Bonchev–Trinajstić information content (AvgIpc) is 2.86. The highest BCUT2D eigenvalue weighted by atomic mass is 16.5. The lowest BCUT2D eigenvalue weighted by Crippen LogP contribution is -2.45. The summed E-state index contributed by atoms with van der Waals surface area (Å²) in [4.78, 5) is 12.0. The largest absolute Gasteiger partial charge is 0.465 e. The molecule has 1 fully saturated rings. The summed E-state index contributed by atoms with van der Waals surface area (Å²) in [5.74, 6) is 0.463. The molecule has 0 amide bonds. The molecular weight excluding hydrogens is 438 g/mol. The number of nitrogens with one attached hydrogen (secondary N) is 1. The highest BCUT2D eigenvalue weighted by Gasteiger charge is 2.25. The second-order valence-electron chi connectivity index (χ2n) is 10.7. The Bertz CT molecular complexity index is 965. The van der Waals surface area contributed by atoms with Crippen LogP contribution in [0.15, 0.2) is 42.5 Å². The van der Waals surface area contributed by atoms with Crippen LogP contribution < -0.4 is 5.32 Å². The standard InChI is InChI=1S/C30H43NO4/c1-21-17-24(15-16-26(21)29(33)34-5)28-14-10-9-13-27(28)22(2)35-20-25(32)19-31-30(3,4)18-23-11-7-6-8-12-23/h9-10,13-17,22-23,25,31-32H,6-8,11-12,18-20H2,1-5H3/t22-,25+/m1/s1. The second kappa shape index (κ2) is 12.7. The van der Waals surface area contributed by atoms with Gasteiger partial charge < -0.3 is 19.9 Å². The van der Waals surface area contributed by atoms with Crippen molar-refractivity contribution in [2.24, 2.45) is 5.92 Å². The van der Waals surface area contributed by atoms with E-state index < -0.39 is 6.10 Å². The molecule has 5 heteroatoms. The van der Waals surface area contributed by atoms with Crippen LogP contribution in [-0.4, -0.2) is 43.0 Å². The van der Waals surface area contributed by atoms with E-state index in [2.05, 4.69) is 31.3 Å². The van der Waals surface area contributed by atoms with Gasteiger partial charge >= 0.3 is 5.97 Å². The summed E-state index contributed by atoms with van der Waals surface area (Å²) in [5, 5.41) is 14.2. The minimum Gasteiger partial charge on any atom is -0.465 e. The summed E-state index contributed by atoms with van der Waals surface area (Å²) < 4.78 is 11.0. The molecule has 2 aromatic carbocycles. The molecule has 0 bridgehead atoms. The van der Waals surface area contributed by atoms with Crippen LogP contribution >= 0.6 is 0 Å². The molecule has 35 heavy (non-hydrogen) atoms. The van der Waals surface area contributed by atoms with E-state index in [-0.39, 0.29) is 24.2 Å². The monoisotopic (exact) mass is 481 g/mol. The SMILES string of the molecule is COC(=O)c1ccc(-c2ccccc2[C@@H](C)OC[C@@H](O)CNC(C)(C)CC2CCCCC2)cc1C. The molecule has 0 radical (unpaired) electrons. The maximum atomic E-state index is 12.0. The molecule has 0 saturated heterocycles. The maximum Gasteiger partial charge on any atom is 0.338 e. The minimum absolute atomic E-state index is 0.00935. The number of carbonyl (C=O) groups excluding carboxylic acids is 1. The van der Waals surface area contributed by atoms with Crippen LogP contribution in [-0.2, 0) is 9.47 Å². The van der Waals surface area contributed by atoms with Crippen molar-refractivity contribution in [2.45, 2.75) is 84.0 Å². The van der Waals surface area contributed by atoms with Crippen LogP contribution in [0.25, 0.3) is 11.1 Å². The normalized spacial score (nSPS) is 16.6. The van der Waals surface area contributed by atoms with Gasteiger partial charge in [0, 0.05) is 12.1 Å². The van der Waals surface area contributed by atoms with Gasteiger partial charge in [-0.15, -0.1) is 0 Å². The van der Waals surface area contributed by atoms with Gasteiger partial charge in [-0.05, 0) is 68.4 Å². The van der Waals surface area contributed by atoms with E-state index in [1.165, 1.54) is 39.2 Å². The third-order valence-electron chi connectivity index (χ3n) is 7.22. The molecule has 2 atom stereocenters. The fraction of sp³-hybridized carbons (Fsp3) is 0.567. The molecule has 1 saturated carbocycles. The fourth-order valence-electron chi connectivity index (χ4n) is 5.27. The molecule has 0 heterocycles. The summed E-state index contributed by atoms with van der Waals surface area (Å²) in [6.45, 7) is 9.19. The molecule has 3 rings (SSSR count). The first-order valence-corrected chi connectivity index (χ1v) is 13.0. The minimum atomic E-state index is -0.572. The summed E-state index contributed by atoms with van der Waals surface area (Å²) in [7, 11) is 1.39. The van der Waals surface area contributed by atoms with E-state index >= 15 is 0 Å². The number of carbonyl (C=O) groups is 1. The predicted molar refractivity (Wildman–Crippen MR) is 142 cm³/mol. The van der Waals surface area contributed by atoms with E-state index in [9.17, 15) is 9.90 Å². The number of methoxy groups -OCH3 is 1. The third-order valence-corrected chi connectivity index (χ3v) is 7.22. The predicted octanol–water partition coefficient (Wildman–Crippen LogP) is 6.23. The first-order chi connectivity index (χ1) is 16.7. The number of β-amino-alcohol motifs (C(OH)–C–C–N with tert-alkyl or cyclic N) is 1. The molecule has 1 aliphatic carbocycles. The summed E-state index contributed by atoms with van der Waals surface area (Å²) >= 11 is 0. The average molecular weight is 482 g/mol. The Kier molecular flexibility index (Phi) is 9.90. The van der Waals surface area contributed by atoms with E-state index in [0.29, 0.717) is 12.1 Å².